The number of amidine groups is 1. The SMILES string of the molecule is NC(=O)Cc1ccc(C2=NN=C(N)/C2=N\Nc2ccccc2)cc1. The molecule has 1 aliphatic heterocycles. The summed E-state index contributed by atoms with van der Waals surface area (Å²) in [5, 5.41) is 12.3. The largest absolute Gasteiger partial charge is 0.380 e. The second kappa shape index (κ2) is 6.74. The summed E-state index contributed by atoms with van der Waals surface area (Å²) >= 11 is 0. The second-order valence-corrected chi connectivity index (χ2v) is 5.21. The minimum absolute atomic E-state index is 0.196. The van der Waals surface area contributed by atoms with Crippen LogP contribution in [0.5, 0.6) is 0 Å². The van der Waals surface area contributed by atoms with Crippen molar-refractivity contribution in [3.63, 3.8) is 0 Å². The van der Waals surface area contributed by atoms with Crippen molar-refractivity contribution in [2.45, 2.75) is 6.42 Å². The maximum absolute atomic E-state index is 11.0. The number of anilines is 1. The normalized spacial score (nSPS) is 15.1. The van der Waals surface area contributed by atoms with Crippen molar-refractivity contribution in [3.05, 3.63) is 65.7 Å². The van der Waals surface area contributed by atoms with E-state index in [9.17, 15) is 4.79 Å². The van der Waals surface area contributed by atoms with E-state index >= 15 is 0 Å². The van der Waals surface area contributed by atoms with E-state index in [-0.39, 0.29) is 18.2 Å². The van der Waals surface area contributed by atoms with Gasteiger partial charge in [0, 0.05) is 5.56 Å². The number of para-hydroxylation sites is 1. The lowest BCUT2D eigenvalue weighted by atomic mass is 10.0. The fourth-order valence-corrected chi connectivity index (χ4v) is 2.24. The number of carbonyl (C=O) groups is 1. The van der Waals surface area contributed by atoms with Gasteiger partial charge in [-0.1, -0.05) is 42.5 Å². The van der Waals surface area contributed by atoms with E-state index < -0.39 is 0 Å². The van der Waals surface area contributed by atoms with Crippen LogP contribution >= 0.6 is 0 Å². The number of nitrogens with one attached hydrogen (secondary N) is 1. The monoisotopic (exact) mass is 320 g/mol. The van der Waals surface area contributed by atoms with E-state index in [1.54, 1.807) is 0 Å². The van der Waals surface area contributed by atoms with Crippen molar-refractivity contribution >= 4 is 28.9 Å². The average molecular weight is 320 g/mol. The lowest BCUT2D eigenvalue weighted by Gasteiger charge is -2.06. The summed E-state index contributed by atoms with van der Waals surface area (Å²) in [7, 11) is 0. The smallest absolute Gasteiger partial charge is 0.221 e. The molecule has 3 rings (SSSR count). The van der Waals surface area contributed by atoms with Crippen LogP contribution in [0.25, 0.3) is 0 Å². The highest BCUT2D eigenvalue weighted by molar-refractivity contribution is 6.72. The third-order valence-corrected chi connectivity index (χ3v) is 3.40. The van der Waals surface area contributed by atoms with Crippen LogP contribution in [-0.2, 0) is 11.2 Å². The lowest BCUT2D eigenvalue weighted by Crippen LogP contribution is -2.28. The number of nitrogens with two attached hydrogens (primary N) is 2. The Morgan fingerprint density at radius 2 is 1.75 bits per heavy atom. The van der Waals surface area contributed by atoms with Crippen LogP contribution in [0.2, 0.25) is 0 Å². The molecule has 0 fully saturated rings. The molecule has 0 unspecified atom stereocenters. The van der Waals surface area contributed by atoms with Gasteiger partial charge < -0.3 is 11.5 Å². The van der Waals surface area contributed by atoms with Crippen LogP contribution in [-0.4, -0.2) is 23.2 Å². The van der Waals surface area contributed by atoms with Crippen LogP contribution in [0.3, 0.4) is 0 Å². The van der Waals surface area contributed by atoms with Gasteiger partial charge >= 0.3 is 0 Å². The summed E-state index contributed by atoms with van der Waals surface area (Å²) in [4.78, 5) is 11.0. The van der Waals surface area contributed by atoms with E-state index in [2.05, 4.69) is 20.7 Å². The second-order valence-electron chi connectivity index (χ2n) is 5.21. The summed E-state index contributed by atoms with van der Waals surface area (Å²) in [6.45, 7) is 0. The Balaban J connectivity index is 1.81. The van der Waals surface area contributed by atoms with Gasteiger partial charge in [0.25, 0.3) is 0 Å². The third kappa shape index (κ3) is 3.46. The quantitative estimate of drug-likeness (QED) is 0.719. The molecule has 7 heteroatoms. The van der Waals surface area contributed by atoms with Gasteiger partial charge in [-0.05, 0) is 17.7 Å². The molecule has 2 aromatic carbocycles. The number of nitrogens with zero attached hydrogens (tertiary/aromatic N) is 3. The van der Waals surface area contributed by atoms with Crippen molar-refractivity contribution < 1.29 is 4.79 Å². The minimum Gasteiger partial charge on any atom is -0.380 e. The fourth-order valence-electron chi connectivity index (χ4n) is 2.24. The molecule has 0 atom stereocenters. The highest BCUT2D eigenvalue weighted by atomic mass is 16.1. The molecular weight excluding hydrogens is 304 g/mol. The molecule has 0 aliphatic carbocycles. The Kier molecular flexibility index (Phi) is 4.33. The average Bonchev–Trinajstić information content (AvgIpc) is 2.95. The molecule has 0 spiro atoms. The maximum Gasteiger partial charge on any atom is 0.221 e. The number of rotatable bonds is 5. The van der Waals surface area contributed by atoms with Crippen LogP contribution in [0, 0.1) is 0 Å². The van der Waals surface area contributed by atoms with Crippen molar-refractivity contribution in [2.24, 2.45) is 26.8 Å². The van der Waals surface area contributed by atoms with Crippen LogP contribution in [0.15, 0.2) is 69.9 Å². The Bertz CT molecular complexity index is 837. The number of primary amides is 1. The standard InChI is InChI=1S/C17H16N6O/c18-14(24)10-11-6-8-12(9-7-11)15-16(17(19)23-21-15)22-20-13-4-2-1-3-5-13/h1-9,20H,10H2,(H2,18,24)(H2,19,22,23). The third-order valence-electron chi connectivity index (χ3n) is 3.40. The van der Waals surface area contributed by atoms with E-state index in [1.165, 1.54) is 0 Å². The molecule has 0 bridgehead atoms. The molecule has 0 aromatic heterocycles. The Labute approximate surface area is 138 Å². The van der Waals surface area contributed by atoms with Crippen LogP contribution in [0.1, 0.15) is 11.1 Å². The van der Waals surface area contributed by atoms with Crippen molar-refractivity contribution in [2.75, 3.05) is 5.43 Å². The van der Waals surface area contributed by atoms with Gasteiger partial charge in [0.1, 0.15) is 5.71 Å². The molecule has 1 heterocycles. The molecule has 0 radical (unpaired) electrons. The number of hydrazone groups is 1. The summed E-state index contributed by atoms with van der Waals surface area (Å²) in [6, 6.07) is 16.8. The molecule has 7 nitrogen and oxygen atoms in total. The van der Waals surface area contributed by atoms with Crippen LogP contribution < -0.4 is 16.9 Å². The molecule has 0 saturated carbocycles. The Morgan fingerprint density at radius 3 is 2.42 bits per heavy atom. The fraction of sp³-hybridized carbons (Fsp3) is 0.0588. The number of carbonyl (C=O) groups excluding carboxylic acids is 1. The Hall–Kier alpha value is -3.48. The summed E-state index contributed by atoms with van der Waals surface area (Å²) in [6.07, 6.45) is 0.196. The van der Waals surface area contributed by atoms with Gasteiger partial charge in [-0.25, -0.2) is 0 Å². The summed E-state index contributed by atoms with van der Waals surface area (Å²) in [5.41, 5.74) is 17.5. The zero-order valence-corrected chi connectivity index (χ0v) is 12.8. The molecule has 0 saturated heterocycles. The minimum atomic E-state index is -0.372. The first-order valence-corrected chi connectivity index (χ1v) is 7.32. The molecule has 120 valence electrons. The molecular formula is C17H16N6O. The van der Waals surface area contributed by atoms with Crippen molar-refractivity contribution in [3.8, 4) is 0 Å². The zero-order chi connectivity index (χ0) is 16.9. The number of amides is 1. The number of benzene rings is 2. The highest BCUT2D eigenvalue weighted by Gasteiger charge is 2.21. The van der Waals surface area contributed by atoms with E-state index in [0.29, 0.717) is 11.4 Å². The van der Waals surface area contributed by atoms with Gasteiger partial charge in [0.15, 0.2) is 11.5 Å². The van der Waals surface area contributed by atoms with E-state index in [0.717, 1.165) is 16.8 Å². The molecule has 1 amide bonds. The predicted octanol–water partition coefficient (Wildman–Crippen LogP) is 1.26. The molecule has 24 heavy (non-hydrogen) atoms. The molecule has 1 aliphatic rings. The Morgan fingerprint density at radius 1 is 1.04 bits per heavy atom. The zero-order valence-electron chi connectivity index (χ0n) is 12.8. The number of hydrogen-bond acceptors (Lipinski definition) is 6. The van der Waals surface area contributed by atoms with Gasteiger partial charge in [-0.15, -0.1) is 10.2 Å². The van der Waals surface area contributed by atoms with Gasteiger partial charge in [0.2, 0.25) is 5.91 Å². The first-order chi connectivity index (χ1) is 11.6. The van der Waals surface area contributed by atoms with Gasteiger partial charge in [-0.2, -0.15) is 5.10 Å². The highest BCUT2D eigenvalue weighted by Crippen LogP contribution is 2.12. The van der Waals surface area contributed by atoms with Crippen LogP contribution in [0.4, 0.5) is 5.69 Å². The molecule has 2 aromatic rings. The van der Waals surface area contributed by atoms with E-state index in [1.807, 2.05) is 54.6 Å². The maximum atomic E-state index is 11.0. The lowest BCUT2D eigenvalue weighted by molar-refractivity contribution is -0.117. The van der Waals surface area contributed by atoms with Crippen molar-refractivity contribution in [1.29, 1.82) is 0 Å². The summed E-state index contributed by atoms with van der Waals surface area (Å²) < 4.78 is 0. The summed E-state index contributed by atoms with van der Waals surface area (Å²) in [5.74, 6) is -0.127. The first kappa shape index (κ1) is 15.4. The first-order valence-electron chi connectivity index (χ1n) is 7.32. The topological polar surface area (TPSA) is 118 Å². The van der Waals surface area contributed by atoms with E-state index in [4.69, 9.17) is 11.5 Å². The molecule has 5 N–H and O–H groups in total. The van der Waals surface area contributed by atoms with Gasteiger partial charge in [0.05, 0.1) is 12.1 Å². The number of hydrogen-bond donors (Lipinski definition) is 3. The predicted molar refractivity (Wildman–Crippen MR) is 95.0 cm³/mol. The van der Waals surface area contributed by atoms with Gasteiger partial charge in [-0.3, -0.25) is 10.2 Å². The van der Waals surface area contributed by atoms with Crippen molar-refractivity contribution in [1.82, 2.24) is 0 Å².